The zero-order valence-electron chi connectivity index (χ0n) is 35.5. The first kappa shape index (κ1) is 45.4. The quantitative estimate of drug-likeness (QED) is 0.0369. The smallest absolute Gasteiger partial charge is 0.415 e. The van der Waals surface area contributed by atoms with E-state index >= 15 is 0 Å². The average molecular weight is 877 g/mol. The molecule has 2 aliphatic carbocycles. The van der Waals surface area contributed by atoms with Gasteiger partial charge in [-0.25, -0.2) is 4.79 Å². The number of non-ortho nitro benzene ring substituents is 2. The van der Waals surface area contributed by atoms with Crippen molar-refractivity contribution in [3.05, 3.63) is 153 Å². The van der Waals surface area contributed by atoms with E-state index in [1.54, 1.807) is 37.4 Å². The van der Waals surface area contributed by atoms with Crippen molar-refractivity contribution in [2.75, 3.05) is 26.9 Å². The fourth-order valence-electron chi connectivity index (χ4n) is 9.28. The number of hydrogen-bond acceptors (Lipinski definition) is 13. The molecule has 64 heavy (non-hydrogen) atoms. The van der Waals surface area contributed by atoms with Crippen LogP contribution in [0, 0.1) is 38.0 Å². The molecule has 1 amide bonds. The van der Waals surface area contributed by atoms with Crippen LogP contribution in [0.5, 0.6) is 23.0 Å². The van der Waals surface area contributed by atoms with E-state index in [-0.39, 0.29) is 73.5 Å². The molecule has 4 aromatic rings. The maximum atomic E-state index is 14.3. The summed E-state index contributed by atoms with van der Waals surface area (Å²) >= 11 is 0. The summed E-state index contributed by atoms with van der Waals surface area (Å²) in [6, 6.07) is 25.2. The number of nitro benzene ring substituents is 2. The number of ether oxygens (including phenoxy) is 4. The monoisotopic (exact) mass is 876 g/mol. The van der Waals surface area contributed by atoms with Gasteiger partial charge in [0.2, 0.25) is 5.79 Å². The number of carbonyl (C=O) groups is 1. The van der Waals surface area contributed by atoms with E-state index < -0.39 is 33.7 Å². The van der Waals surface area contributed by atoms with Crippen molar-refractivity contribution in [3.63, 3.8) is 0 Å². The topological polar surface area (TPSA) is 206 Å². The van der Waals surface area contributed by atoms with Crippen LogP contribution in [0.2, 0.25) is 0 Å². The van der Waals surface area contributed by atoms with E-state index in [0.29, 0.717) is 42.9 Å². The van der Waals surface area contributed by atoms with Crippen molar-refractivity contribution >= 4 is 23.2 Å². The standard InChI is InChI=1S/C48H52N4O12/c1-3-26-60-48-44(50(2)47(55)63-36-20-18-34(19-21-36)51(56)57)30-42(49-61-31-32-12-5-4-6-13-32)40-27-33(14-7-9-24-53)39(17-8-10-25-54)45(46(40)48)41-29-38(22-23-43(41)64-48)62-37-16-11-15-35(28-37)52(58)59/h3-6,11-13,15-16,18-23,27-29,33,39,44-46,53-54H,1,7-10,14,17,24-26,30-31H2,2H3/t33-,39+,44-,45+,46+,48+/m0/s1. The summed E-state index contributed by atoms with van der Waals surface area (Å²) in [7, 11) is 1.58. The molecule has 6 atom stereocenters. The molecule has 1 heterocycles. The zero-order valence-corrected chi connectivity index (χ0v) is 35.5. The van der Waals surface area contributed by atoms with Gasteiger partial charge < -0.3 is 38.9 Å². The SMILES string of the molecule is C=CCO[C@@]12Oc3ccc(Oc4cccc([N+](=O)[O-])c4)cc3[C@H]3[C@H](CCCCO)[C@@H](CCCCO)C=C(C(=NOCc4ccccc4)C[C@@H]1N(C)C(=O)Oc1ccc([N+](=O)[O-])cc1)[C@H]32. The number of fused-ring (bicyclic) bond motifs is 2. The minimum atomic E-state index is -1.58. The Morgan fingerprint density at radius 3 is 2.30 bits per heavy atom. The van der Waals surface area contributed by atoms with Crippen molar-refractivity contribution in [1.82, 2.24) is 4.90 Å². The lowest BCUT2D eigenvalue weighted by Gasteiger charge is -2.59. The highest BCUT2D eigenvalue weighted by Crippen LogP contribution is 2.62. The highest BCUT2D eigenvalue weighted by molar-refractivity contribution is 6.03. The molecule has 2 N–H and O–H groups in total. The summed E-state index contributed by atoms with van der Waals surface area (Å²) in [6.07, 6.45) is 7.23. The van der Waals surface area contributed by atoms with Gasteiger partial charge in [-0.2, -0.15) is 0 Å². The molecule has 0 spiro atoms. The predicted octanol–water partition coefficient (Wildman–Crippen LogP) is 9.26. The predicted molar refractivity (Wildman–Crippen MR) is 236 cm³/mol. The van der Waals surface area contributed by atoms with Crippen LogP contribution in [-0.2, 0) is 16.2 Å². The van der Waals surface area contributed by atoms with Crippen LogP contribution >= 0.6 is 0 Å². The van der Waals surface area contributed by atoms with E-state index in [1.807, 2.05) is 36.4 Å². The van der Waals surface area contributed by atoms with Gasteiger partial charge in [-0.3, -0.25) is 20.2 Å². The molecule has 1 fully saturated rings. The van der Waals surface area contributed by atoms with E-state index in [1.165, 1.54) is 41.3 Å². The van der Waals surface area contributed by atoms with Crippen molar-refractivity contribution < 1.29 is 48.6 Å². The van der Waals surface area contributed by atoms with E-state index in [4.69, 9.17) is 28.9 Å². The van der Waals surface area contributed by atoms with Crippen molar-refractivity contribution in [3.8, 4) is 23.0 Å². The lowest BCUT2D eigenvalue weighted by molar-refractivity contribution is -0.385. The van der Waals surface area contributed by atoms with E-state index in [0.717, 1.165) is 29.5 Å². The molecular formula is C48H52N4O12. The van der Waals surface area contributed by atoms with Gasteiger partial charge in [0.25, 0.3) is 11.4 Å². The first-order chi connectivity index (χ1) is 31.1. The van der Waals surface area contributed by atoms with Gasteiger partial charge in [-0.1, -0.05) is 66.5 Å². The Bertz CT molecular complexity index is 2360. The number of benzene rings is 4. The molecule has 1 saturated carbocycles. The normalized spacial score (nSPS) is 22.5. The number of amides is 1. The van der Waals surface area contributed by atoms with E-state index in [2.05, 4.69) is 12.7 Å². The van der Waals surface area contributed by atoms with Crippen molar-refractivity contribution in [2.45, 2.75) is 69.3 Å². The van der Waals surface area contributed by atoms with Gasteiger partial charge in [0.1, 0.15) is 35.6 Å². The second-order valence-corrected chi connectivity index (χ2v) is 16.1. The molecule has 3 aliphatic rings. The minimum absolute atomic E-state index is 0.0175. The van der Waals surface area contributed by atoms with Crippen LogP contribution < -0.4 is 14.2 Å². The number of likely N-dealkylation sites (N-methyl/N-ethyl adjacent to an activating group) is 1. The van der Waals surface area contributed by atoms with Gasteiger partial charge in [0, 0.05) is 56.4 Å². The number of oxime groups is 1. The zero-order chi connectivity index (χ0) is 45.2. The highest BCUT2D eigenvalue weighted by atomic mass is 16.7. The first-order valence-corrected chi connectivity index (χ1v) is 21.4. The molecule has 7 rings (SSSR count). The van der Waals surface area contributed by atoms with Crippen LogP contribution in [0.25, 0.3) is 0 Å². The Morgan fingerprint density at radius 2 is 1.59 bits per heavy atom. The molecule has 0 saturated heterocycles. The maximum Gasteiger partial charge on any atom is 0.415 e. The molecule has 1 aliphatic heterocycles. The molecule has 0 aromatic heterocycles. The second-order valence-electron chi connectivity index (χ2n) is 16.1. The Labute approximate surface area is 370 Å². The van der Waals surface area contributed by atoms with Crippen LogP contribution in [0.3, 0.4) is 0 Å². The number of carbonyl (C=O) groups excluding carboxylic acids is 1. The molecule has 0 unspecified atom stereocenters. The lowest BCUT2D eigenvalue weighted by Crippen LogP contribution is -2.69. The second kappa shape index (κ2) is 20.7. The fraction of sp³-hybridized carbons (Fsp3) is 0.375. The lowest BCUT2D eigenvalue weighted by atomic mass is 9.55. The number of aliphatic hydroxyl groups excluding tert-OH is 2. The summed E-state index contributed by atoms with van der Waals surface area (Å²) in [5.74, 6) is -1.44. The maximum absolute atomic E-state index is 14.3. The summed E-state index contributed by atoms with van der Waals surface area (Å²) in [5.41, 5.74) is 2.80. The van der Waals surface area contributed by atoms with Gasteiger partial charge in [0.15, 0.2) is 0 Å². The van der Waals surface area contributed by atoms with Gasteiger partial charge in [-0.15, -0.1) is 6.58 Å². The third kappa shape index (κ3) is 9.94. The summed E-state index contributed by atoms with van der Waals surface area (Å²) in [6.45, 7) is 4.22. The molecule has 0 radical (unpaired) electrons. The van der Waals surface area contributed by atoms with Gasteiger partial charge in [0.05, 0.1) is 34.1 Å². The van der Waals surface area contributed by atoms with Crippen LogP contribution in [-0.4, -0.2) is 75.5 Å². The molecule has 16 nitrogen and oxygen atoms in total. The molecule has 336 valence electrons. The van der Waals surface area contributed by atoms with Crippen LogP contribution in [0.1, 0.15) is 62.0 Å². The van der Waals surface area contributed by atoms with Crippen LogP contribution in [0.15, 0.2) is 127 Å². The third-order valence-electron chi connectivity index (χ3n) is 12.2. The van der Waals surface area contributed by atoms with Crippen molar-refractivity contribution in [1.29, 1.82) is 0 Å². The number of hydrogen-bond donors (Lipinski definition) is 2. The first-order valence-electron chi connectivity index (χ1n) is 21.4. The minimum Gasteiger partial charge on any atom is -0.459 e. The van der Waals surface area contributed by atoms with E-state index in [9.17, 15) is 35.2 Å². The molecular weight excluding hydrogens is 825 g/mol. The third-order valence-corrected chi connectivity index (χ3v) is 12.2. The molecule has 0 bridgehead atoms. The number of allylic oxidation sites excluding steroid dienone is 1. The number of nitro groups is 2. The average Bonchev–Trinajstić information content (AvgIpc) is 3.30. The van der Waals surface area contributed by atoms with Gasteiger partial charge in [-0.05, 0) is 85.1 Å². The Hall–Kier alpha value is -6.62. The Kier molecular flexibility index (Phi) is 14.7. The van der Waals surface area contributed by atoms with Gasteiger partial charge >= 0.3 is 6.09 Å². The number of unbranched alkanes of at least 4 members (excludes halogenated alkanes) is 2. The largest absolute Gasteiger partial charge is 0.459 e. The number of rotatable bonds is 20. The number of aliphatic hydroxyl groups is 2. The summed E-state index contributed by atoms with van der Waals surface area (Å²) in [5, 5.41) is 47.6. The Balaban J connectivity index is 1.39. The molecule has 16 heteroatoms. The summed E-state index contributed by atoms with van der Waals surface area (Å²) < 4.78 is 26.2. The highest BCUT2D eigenvalue weighted by Gasteiger charge is 2.65. The summed E-state index contributed by atoms with van der Waals surface area (Å²) in [4.78, 5) is 43.8. The Morgan fingerprint density at radius 1 is 0.891 bits per heavy atom. The van der Waals surface area contributed by atoms with Crippen LogP contribution in [0.4, 0.5) is 16.2 Å². The number of nitrogens with zero attached hydrogens (tertiary/aromatic N) is 4. The van der Waals surface area contributed by atoms with Crippen molar-refractivity contribution in [2.24, 2.45) is 22.9 Å². The fourth-order valence-corrected chi connectivity index (χ4v) is 9.28. The molecule has 4 aromatic carbocycles.